The van der Waals surface area contributed by atoms with Crippen LogP contribution in [0.15, 0.2) is 24.3 Å². The van der Waals surface area contributed by atoms with Crippen LogP contribution in [0.2, 0.25) is 5.02 Å². The number of amides is 2. The van der Waals surface area contributed by atoms with Gasteiger partial charge in [0.25, 0.3) is 0 Å². The highest BCUT2D eigenvalue weighted by Gasteiger charge is 2.12. The molecule has 0 aliphatic heterocycles. The van der Waals surface area contributed by atoms with Gasteiger partial charge < -0.3 is 10.2 Å². The molecule has 0 bridgehead atoms. The molecule has 2 amide bonds. The van der Waals surface area contributed by atoms with Gasteiger partial charge in [0.1, 0.15) is 0 Å². The third-order valence-corrected chi connectivity index (χ3v) is 3.66. The fourth-order valence-electron chi connectivity index (χ4n) is 2.19. The molecule has 1 rings (SSSR count). The summed E-state index contributed by atoms with van der Waals surface area (Å²) in [5.74, 6) is 0. The number of hydrogen-bond donors (Lipinski definition) is 1. The molecule has 21 heavy (non-hydrogen) atoms. The van der Waals surface area contributed by atoms with Crippen molar-refractivity contribution in [1.82, 2.24) is 4.90 Å². The number of halogens is 1. The van der Waals surface area contributed by atoms with Crippen molar-refractivity contribution in [2.75, 3.05) is 18.4 Å². The smallest absolute Gasteiger partial charge is 0.321 e. The van der Waals surface area contributed by atoms with Crippen molar-refractivity contribution in [3.05, 3.63) is 29.3 Å². The van der Waals surface area contributed by atoms with E-state index >= 15 is 0 Å². The van der Waals surface area contributed by atoms with Gasteiger partial charge in [-0.15, -0.1) is 0 Å². The third kappa shape index (κ3) is 7.37. The lowest BCUT2D eigenvalue weighted by Gasteiger charge is -2.23. The maximum Gasteiger partial charge on any atom is 0.321 e. The molecule has 1 aromatic rings. The molecule has 0 atom stereocenters. The van der Waals surface area contributed by atoms with Crippen LogP contribution >= 0.6 is 11.6 Å². The van der Waals surface area contributed by atoms with E-state index in [0.29, 0.717) is 5.02 Å². The first-order valence-corrected chi connectivity index (χ1v) is 8.36. The standard InChI is InChI=1S/C17H27ClN2O/c1-3-5-7-12-20(13-8-6-4-2)17(21)19-16-11-9-10-15(18)14-16/h9-11,14H,3-8,12-13H2,1-2H3,(H,19,21). The topological polar surface area (TPSA) is 32.3 Å². The predicted octanol–water partition coefficient (Wildman–Crippen LogP) is 5.55. The fourth-order valence-corrected chi connectivity index (χ4v) is 2.38. The molecule has 0 aliphatic rings. The summed E-state index contributed by atoms with van der Waals surface area (Å²) >= 11 is 5.95. The average Bonchev–Trinajstić information content (AvgIpc) is 2.46. The van der Waals surface area contributed by atoms with E-state index < -0.39 is 0 Å². The number of urea groups is 1. The first-order chi connectivity index (χ1) is 10.2. The number of rotatable bonds is 9. The Morgan fingerprint density at radius 3 is 2.24 bits per heavy atom. The molecule has 0 saturated heterocycles. The number of carbonyl (C=O) groups is 1. The van der Waals surface area contributed by atoms with Crippen molar-refractivity contribution in [3.8, 4) is 0 Å². The van der Waals surface area contributed by atoms with Gasteiger partial charge in [-0.1, -0.05) is 57.2 Å². The van der Waals surface area contributed by atoms with E-state index in [1.807, 2.05) is 17.0 Å². The normalized spacial score (nSPS) is 10.4. The quantitative estimate of drug-likeness (QED) is 0.595. The molecule has 0 aromatic heterocycles. The van der Waals surface area contributed by atoms with Crippen molar-refractivity contribution in [1.29, 1.82) is 0 Å². The Labute approximate surface area is 133 Å². The Bertz CT molecular complexity index is 413. The van der Waals surface area contributed by atoms with Gasteiger partial charge in [0.05, 0.1) is 0 Å². The summed E-state index contributed by atoms with van der Waals surface area (Å²) in [7, 11) is 0. The van der Waals surface area contributed by atoms with Crippen LogP contribution in [0.25, 0.3) is 0 Å². The van der Waals surface area contributed by atoms with Crippen molar-refractivity contribution in [2.24, 2.45) is 0 Å². The summed E-state index contributed by atoms with van der Waals surface area (Å²) < 4.78 is 0. The lowest BCUT2D eigenvalue weighted by atomic mass is 10.2. The molecule has 0 heterocycles. The number of carbonyl (C=O) groups excluding carboxylic acids is 1. The van der Waals surface area contributed by atoms with Gasteiger partial charge in [-0.2, -0.15) is 0 Å². The lowest BCUT2D eigenvalue weighted by molar-refractivity contribution is 0.209. The van der Waals surface area contributed by atoms with Crippen LogP contribution in [0.4, 0.5) is 10.5 Å². The lowest BCUT2D eigenvalue weighted by Crippen LogP contribution is -2.36. The average molecular weight is 311 g/mol. The monoisotopic (exact) mass is 310 g/mol. The van der Waals surface area contributed by atoms with Gasteiger partial charge in [0.2, 0.25) is 0 Å². The zero-order chi connectivity index (χ0) is 15.5. The van der Waals surface area contributed by atoms with Crippen LogP contribution in [0.5, 0.6) is 0 Å². The first-order valence-electron chi connectivity index (χ1n) is 7.98. The van der Waals surface area contributed by atoms with Crippen molar-refractivity contribution < 1.29 is 4.79 Å². The van der Waals surface area contributed by atoms with Gasteiger partial charge in [0, 0.05) is 23.8 Å². The highest BCUT2D eigenvalue weighted by molar-refractivity contribution is 6.30. The molecule has 0 unspecified atom stereocenters. The zero-order valence-corrected chi connectivity index (χ0v) is 14.0. The summed E-state index contributed by atoms with van der Waals surface area (Å²) in [6.07, 6.45) is 6.78. The Hall–Kier alpha value is -1.22. The fraction of sp³-hybridized carbons (Fsp3) is 0.588. The number of benzene rings is 1. The van der Waals surface area contributed by atoms with Crippen molar-refractivity contribution >= 4 is 23.3 Å². The van der Waals surface area contributed by atoms with Gasteiger partial charge >= 0.3 is 6.03 Å². The Kier molecular flexibility index (Phi) is 8.91. The highest BCUT2D eigenvalue weighted by atomic mass is 35.5. The molecule has 0 radical (unpaired) electrons. The van der Waals surface area contributed by atoms with Crippen LogP contribution in [-0.2, 0) is 0 Å². The minimum atomic E-state index is -0.0236. The van der Waals surface area contributed by atoms with Gasteiger partial charge in [-0.25, -0.2) is 4.79 Å². The second kappa shape index (κ2) is 10.5. The van der Waals surface area contributed by atoms with Crippen molar-refractivity contribution in [2.45, 2.75) is 52.4 Å². The van der Waals surface area contributed by atoms with Gasteiger partial charge in [-0.3, -0.25) is 0 Å². The number of hydrogen-bond acceptors (Lipinski definition) is 1. The maximum absolute atomic E-state index is 12.4. The van der Waals surface area contributed by atoms with E-state index in [1.54, 1.807) is 12.1 Å². The molecule has 3 nitrogen and oxygen atoms in total. The minimum Gasteiger partial charge on any atom is -0.325 e. The minimum absolute atomic E-state index is 0.0236. The van der Waals surface area contributed by atoms with Crippen LogP contribution in [0.1, 0.15) is 52.4 Å². The highest BCUT2D eigenvalue weighted by Crippen LogP contribution is 2.15. The van der Waals surface area contributed by atoms with E-state index in [0.717, 1.165) is 44.5 Å². The molecule has 0 aliphatic carbocycles. The van der Waals surface area contributed by atoms with Gasteiger partial charge in [0.15, 0.2) is 0 Å². The molecule has 4 heteroatoms. The second-order valence-electron chi connectivity index (χ2n) is 5.34. The number of nitrogens with one attached hydrogen (secondary N) is 1. The summed E-state index contributed by atoms with van der Waals surface area (Å²) in [5.41, 5.74) is 0.753. The van der Waals surface area contributed by atoms with Crippen LogP contribution in [0, 0.1) is 0 Å². The largest absolute Gasteiger partial charge is 0.325 e. The summed E-state index contributed by atoms with van der Waals surface area (Å²) in [5, 5.41) is 3.57. The molecule has 0 spiro atoms. The maximum atomic E-state index is 12.4. The van der Waals surface area contributed by atoms with Crippen molar-refractivity contribution in [3.63, 3.8) is 0 Å². The Balaban J connectivity index is 2.55. The van der Waals surface area contributed by atoms with E-state index in [4.69, 9.17) is 11.6 Å². The predicted molar refractivity (Wildman–Crippen MR) is 91.1 cm³/mol. The van der Waals surface area contributed by atoms with E-state index in [-0.39, 0.29) is 6.03 Å². The molecule has 0 saturated carbocycles. The third-order valence-electron chi connectivity index (χ3n) is 3.43. The second-order valence-corrected chi connectivity index (χ2v) is 5.78. The van der Waals surface area contributed by atoms with E-state index in [9.17, 15) is 4.79 Å². The van der Waals surface area contributed by atoms with Crippen LogP contribution in [0.3, 0.4) is 0 Å². The molecular weight excluding hydrogens is 284 g/mol. The van der Waals surface area contributed by atoms with E-state index in [2.05, 4.69) is 19.2 Å². The molecule has 1 N–H and O–H groups in total. The number of nitrogens with zero attached hydrogens (tertiary/aromatic N) is 1. The summed E-state index contributed by atoms with van der Waals surface area (Å²) in [6.45, 7) is 5.99. The SMILES string of the molecule is CCCCCN(CCCCC)C(=O)Nc1cccc(Cl)c1. The van der Waals surface area contributed by atoms with Crippen LogP contribution < -0.4 is 5.32 Å². The Morgan fingerprint density at radius 1 is 1.10 bits per heavy atom. The number of unbranched alkanes of at least 4 members (excludes halogenated alkanes) is 4. The molecule has 1 aromatic carbocycles. The summed E-state index contributed by atoms with van der Waals surface area (Å²) in [6, 6.07) is 7.26. The zero-order valence-electron chi connectivity index (χ0n) is 13.2. The molecule has 0 fully saturated rings. The summed E-state index contributed by atoms with van der Waals surface area (Å²) in [4.78, 5) is 14.3. The van der Waals surface area contributed by atoms with Crippen LogP contribution in [-0.4, -0.2) is 24.0 Å². The van der Waals surface area contributed by atoms with E-state index in [1.165, 1.54) is 12.8 Å². The molecule has 118 valence electrons. The number of anilines is 1. The first kappa shape index (κ1) is 17.8. The molecular formula is C17H27ClN2O. The Morgan fingerprint density at radius 2 is 1.71 bits per heavy atom. The van der Waals surface area contributed by atoms with Gasteiger partial charge in [-0.05, 0) is 31.0 Å².